The van der Waals surface area contributed by atoms with Gasteiger partial charge in [-0.15, -0.1) is 0 Å². The van der Waals surface area contributed by atoms with Crippen molar-refractivity contribution in [2.45, 2.75) is 38.1 Å². The van der Waals surface area contributed by atoms with Crippen LogP contribution in [0.15, 0.2) is 23.3 Å². The van der Waals surface area contributed by atoms with Gasteiger partial charge >= 0.3 is 5.97 Å². The van der Waals surface area contributed by atoms with Gasteiger partial charge in [-0.1, -0.05) is 19.8 Å². The molecule has 2 atom stereocenters. The maximum Gasteiger partial charge on any atom is 0.329 e. The molecule has 0 radical (unpaired) electrons. The van der Waals surface area contributed by atoms with Crippen molar-refractivity contribution in [1.82, 2.24) is 10.3 Å². The van der Waals surface area contributed by atoms with E-state index in [-0.39, 0.29) is 11.5 Å². The summed E-state index contributed by atoms with van der Waals surface area (Å²) in [4.78, 5) is 38.1. The number of hydrogen-bond donors (Lipinski definition) is 3. The molecule has 1 fully saturated rings. The molecule has 1 aliphatic carbocycles. The highest BCUT2D eigenvalue weighted by Gasteiger charge is 2.46. The topological polar surface area (TPSA) is 99.3 Å². The number of aliphatic carboxylic acids is 1. The number of aromatic amines is 1. The van der Waals surface area contributed by atoms with Gasteiger partial charge in [0.25, 0.3) is 5.91 Å². The van der Waals surface area contributed by atoms with Gasteiger partial charge in [0, 0.05) is 18.5 Å². The van der Waals surface area contributed by atoms with Gasteiger partial charge in [0.05, 0.1) is 0 Å². The molecule has 1 saturated carbocycles. The van der Waals surface area contributed by atoms with E-state index in [1.165, 1.54) is 18.5 Å². The Balaban J connectivity index is 2.30. The largest absolute Gasteiger partial charge is 0.479 e. The molecule has 2 unspecified atom stereocenters. The summed E-state index contributed by atoms with van der Waals surface area (Å²) in [5.41, 5.74) is -1.77. The van der Waals surface area contributed by atoms with Crippen LogP contribution in [0.2, 0.25) is 0 Å². The fourth-order valence-electron chi connectivity index (χ4n) is 2.77. The number of carbonyl (C=O) groups excluding carboxylic acids is 1. The Hall–Kier alpha value is -2.11. The number of hydrogen-bond acceptors (Lipinski definition) is 3. The first kappa shape index (κ1) is 14.3. The lowest BCUT2D eigenvalue weighted by molar-refractivity contribution is -0.148. The van der Waals surface area contributed by atoms with E-state index >= 15 is 0 Å². The van der Waals surface area contributed by atoms with Crippen LogP contribution in [0.3, 0.4) is 0 Å². The van der Waals surface area contributed by atoms with Crippen LogP contribution < -0.4 is 10.7 Å². The Kier molecular flexibility index (Phi) is 3.92. The molecule has 6 nitrogen and oxygen atoms in total. The molecular formula is C14H18N2O4. The number of carbonyl (C=O) groups is 2. The number of pyridine rings is 1. The Labute approximate surface area is 116 Å². The third kappa shape index (κ3) is 2.45. The smallest absolute Gasteiger partial charge is 0.329 e. The molecule has 6 heteroatoms. The Bertz CT molecular complexity index is 581. The Morgan fingerprint density at radius 1 is 1.45 bits per heavy atom. The van der Waals surface area contributed by atoms with Gasteiger partial charge in [-0.3, -0.25) is 9.59 Å². The summed E-state index contributed by atoms with van der Waals surface area (Å²) in [6.07, 6.45) is 5.56. The van der Waals surface area contributed by atoms with Crippen molar-refractivity contribution in [3.63, 3.8) is 0 Å². The van der Waals surface area contributed by atoms with Crippen LogP contribution in [0.1, 0.15) is 43.0 Å². The molecule has 1 aliphatic rings. The Morgan fingerprint density at radius 2 is 2.20 bits per heavy atom. The molecule has 0 aromatic carbocycles. The van der Waals surface area contributed by atoms with Crippen molar-refractivity contribution in [2.24, 2.45) is 5.92 Å². The lowest BCUT2D eigenvalue weighted by atomic mass is 9.73. The summed E-state index contributed by atoms with van der Waals surface area (Å²) in [5, 5.41) is 12.1. The van der Waals surface area contributed by atoms with Crippen molar-refractivity contribution in [3.05, 3.63) is 34.2 Å². The van der Waals surface area contributed by atoms with Crippen LogP contribution >= 0.6 is 0 Å². The summed E-state index contributed by atoms with van der Waals surface area (Å²) in [6, 6.07) is 1.24. The summed E-state index contributed by atoms with van der Waals surface area (Å²) in [7, 11) is 0. The molecule has 1 heterocycles. The predicted octanol–water partition coefficient (Wildman–Crippen LogP) is 1.14. The molecular weight excluding hydrogens is 260 g/mol. The molecule has 108 valence electrons. The number of rotatable bonds is 3. The van der Waals surface area contributed by atoms with Crippen molar-refractivity contribution >= 4 is 11.9 Å². The highest BCUT2D eigenvalue weighted by atomic mass is 16.4. The summed E-state index contributed by atoms with van der Waals surface area (Å²) in [5.74, 6) is -1.84. The van der Waals surface area contributed by atoms with E-state index in [0.29, 0.717) is 6.42 Å². The number of nitrogens with one attached hydrogen (secondary N) is 2. The number of aromatic nitrogens is 1. The van der Waals surface area contributed by atoms with Crippen LogP contribution in [-0.4, -0.2) is 27.5 Å². The highest BCUT2D eigenvalue weighted by molar-refractivity contribution is 5.97. The van der Waals surface area contributed by atoms with Crippen LogP contribution in [0.5, 0.6) is 0 Å². The van der Waals surface area contributed by atoms with Gasteiger partial charge in [0.15, 0.2) is 5.43 Å². The number of carboxylic acids is 1. The molecule has 1 amide bonds. The average Bonchev–Trinajstić information content (AvgIpc) is 2.41. The first-order chi connectivity index (χ1) is 9.47. The average molecular weight is 278 g/mol. The molecule has 0 saturated heterocycles. The second-order valence-corrected chi connectivity index (χ2v) is 5.30. The molecule has 1 aromatic heterocycles. The minimum Gasteiger partial charge on any atom is -0.479 e. The molecule has 2 rings (SSSR count). The summed E-state index contributed by atoms with van der Waals surface area (Å²) in [6.45, 7) is 1.82. The van der Waals surface area contributed by atoms with E-state index in [9.17, 15) is 19.5 Å². The second-order valence-electron chi connectivity index (χ2n) is 5.30. The van der Waals surface area contributed by atoms with Crippen molar-refractivity contribution < 1.29 is 14.7 Å². The van der Waals surface area contributed by atoms with Crippen molar-refractivity contribution in [1.29, 1.82) is 0 Å². The van der Waals surface area contributed by atoms with E-state index in [0.717, 1.165) is 19.3 Å². The first-order valence-corrected chi connectivity index (χ1v) is 6.70. The van der Waals surface area contributed by atoms with E-state index in [1.807, 2.05) is 6.92 Å². The number of H-pyrrole nitrogens is 1. The van der Waals surface area contributed by atoms with Gasteiger partial charge in [-0.2, -0.15) is 0 Å². The normalized spacial score (nSPS) is 25.9. The molecule has 20 heavy (non-hydrogen) atoms. The van der Waals surface area contributed by atoms with Crippen molar-refractivity contribution in [2.75, 3.05) is 0 Å². The summed E-state index contributed by atoms with van der Waals surface area (Å²) >= 11 is 0. The molecule has 0 aliphatic heterocycles. The maximum atomic E-state index is 12.2. The third-order valence-corrected chi connectivity index (χ3v) is 4.09. The zero-order valence-electron chi connectivity index (χ0n) is 11.3. The zero-order valence-corrected chi connectivity index (χ0v) is 11.3. The number of amides is 1. The lowest BCUT2D eigenvalue weighted by Crippen LogP contribution is -2.60. The molecule has 0 bridgehead atoms. The quantitative estimate of drug-likeness (QED) is 0.772. The fourth-order valence-corrected chi connectivity index (χ4v) is 2.77. The van der Waals surface area contributed by atoms with Gasteiger partial charge in [0.2, 0.25) is 0 Å². The maximum absolute atomic E-state index is 12.2. The van der Waals surface area contributed by atoms with Crippen LogP contribution in [0, 0.1) is 5.92 Å². The van der Waals surface area contributed by atoms with Crippen LogP contribution in [-0.2, 0) is 4.79 Å². The van der Waals surface area contributed by atoms with Gasteiger partial charge < -0.3 is 15.4 Å². The second kappa shape index (κ2) is 5.48. The monoisotopic (exact) mass is 278 g/mol. The number of carboxylic acid groups (broad SMARTS) is 1. The minimum atomic E-state index is -1.28. The molecule has 3 N–H and O–H groups in total. The van der Waals surface area contributed by atoms with Gasteiger partial charge in [0.1, 0.15) is 11.1 Å². The van der Waals surface area contributed by atoms with E-state index in [4.69, 9.17) is 0 Å². The third-order valence-electron chi connectivity index (χ3n) is 4.09. The minimum absolute atomic E-state index is 0.0640. The van der Waals surface area contributed by atoms with Gasteiger partial charge in [-0.05, 0) is 18.8 Å². The molecule has 1 aromatic rings. The first-order valence-electron chi connectivity index (χ1n) is 6.70. The highest BCUT2D eigenvalue weighted by Crippen LogP contribution is 2.34. The SMILES string of the molecule is CC1CCCCC1(NC(=O)c1c[nH]ccc1=O)C(=O)O. The lowest BCUT2D eigenvalue weighted by Gasteiger charge is -2.39. The van der Waals surface area contributed by atoms with Crippen LogP contribution in [0.25, 0.3) is 0 Å². The van der Waals surface area contributed by atoms with Gasteiger partial charge in [-0.25, -0.2) is 4.79 Å². The van der Waals surface area contributed by atoms with E-state index in [2.05, 4.69) is 10.3 Å². The molecule has 0 spiro atoms. The standard InChI is InChI=1S/C14H18N2O4/c1-9-4-2-3-6-14(9,13(19)20)16-12(18)10-8-15-7-5-11(10)17/h5,7-9H,2-4,6H2,1H3,(H,15,17)(H,16,18)(H,19,20). The zero-order chi connectivity index (χ0) is 14.8. The van der Waals surface area contributed by atoms with Crippen molar-refractivity contribution in [3.8, 4) is 0 Å². The van der Waals surface area contributed by atoms with E-state index in [1.54, 1.807) is 0 Å². The summed E-state index contributed by atoms with van der Waals surface area (Å²) < 4.78 is 0. The van der Waals surface area contributed by atoms with E-state index < -0.39 is 22.8 Å². The predicted molar refractivity (Wildman–Crippen MR) is 72.5 cm³/mol. The fraction of sp³-hybridized carbons (Fsp3) is 0.500. The Morgan fingerprint density at radius 3 is 2.80 bits per heavy atom. The van der Waals surface area contributed by atoms with Crippen LogP contribution in [0.4, 0.5) is 0 Å².